The van der Waals surface area contributed by atoms with Crippen molar-refractivity contribution < 1.29 is 0 Å². The number of allylic oxidation sites excluding steroid dienone is 1. The largest absolute Gasteiger partial charge is 0.255 e. The van der Waals surface area contributed by atoms with Gasteiger partial charge in [-0.15, -0.1) is 6.42 Å². The predicted molar refractivity (Wildman–Crippen MR) is 58.8 cm³/mol. The molecule has 1 nitrogen and oxygen atoms in total. The number of rotatable bonds is 0. The van der Waals surface area contributed by atoms with Crippen LogP contribution in [0.15, 0.2) is 18.3 Å². The average Bonchev–Trinajstić information content (AvgIpc) is 2.23. The molecular formula is C13H13N. The number of hydrogen-bond donors (Lipinski definition) is 0. The van der Waals surface area contributed by atoms with Crippen LogP contribution in [0.25, 0.3) is 6.08 Å². The van der Waals surface area contributed by atoms with Crippen molar-refractivity contribution in [2.45, 2.75) is 19.8 Å². The van der Waals surface area contributed by atoms with Crippen molar-refractivity contribution in [2.24, 2.45) is 5.92 Å². The number of nitrogens with zero attached hydrogens (tertiary/aromatic N) is 1. The third-order valence-corrected chi connectivity index (χ3v) is 2.95. The van der Waals surface area contributed by atoms with Crippen LogP contribution in [0, 0.1) is 18.3 Å². The van der Waals surface area contributed by atoms with E-state index in [1.165, 1.54) is 5.56 Å². The molecule has 0 saturated carbocycles. The van der Waals surface area contributed by atoms with Gasteiger partial charge in [-0.25, -0.2) is 0 Å². The van der Waals surface area contributed by atoms with Gasteiger partial charge in [0.2, 0.25) is 0 Å². The lowest BCUT2D eigenvalue weighted by Gasteiger charge is -2.23. The molecule has 0 saturated heterocycles. The highest BCUT2D eigenvalue weighted by Gasteiger charge is 2.19. The molecule has 0 N–H and O–H groups in total. The molecule has 0 radical (unpaired) electrons. The Bertz CT molecular complexity index is 423. The zero-order chi connectivity index (χ0) is 10.1. The number of hydrogen-bond acceptors (Lipinski definition) is 1. The van der Waals surface area contributed by atoms with Gasteiger partial charge in [-0.05, 0) is 29.5 Å². The van der Waals surface area contributed by atoms with E-state index < -0.39 is 0 Å². The predicted octanol–water partition coefficient (Wildman–Crippen LogP) is 2.83. The molecule has 1 heterocycles. The number of terminal acetylenes is 1. The van der Waals surface area contributed by atoms with Crippen LogP contribution < -0.4 is 0 Å². The summed E-state index contributed by atoms with van der Waals surface area (Å²) in [6, 6.07) is 2.08. The smallest absolute Gasteiger partial charge is 0.0662 e. The van der Waals surface area contributed by atoms with Crippen molar-refractivity contribution in [3.63, 3.8) is 0 Å². The molecule has 2 atom stereocenters. The molecule has 1 aromatic rings. The van der Waals surface area contributed by atoms with E-state index in [1.807, 2.05) is 0 Å². The first-order valence-electron chi connectivity index (χ1n) is 4.87. The van der Waals surface area contributed by atoms with Gasteiger partial charge in [0.15, 0.2) is 0 Å². The summed E-state index contributed by atoms with van der Waals surface area (Å²) in [5.74, 6) is 3.70. The monoisotopic (exact) mass is 183 g/mol. The maximum absolute atomic E-state index is 5.36. The highest BCUT2D eigenvalue weighted by molar-refractivity contribution is 5.56. The second kappa shape index (κ2) is 3.31. The molecule has 1 aromatic heterocycles. The number of pyridine rings is 1. The summed E-state index contributed by atoms with van der Waals surface area (Å²) in [4.78, 5) is 4.35. The Hall–Kier alpha value is -1.55. The second-order valence-corrected chi connectivity index (χ2v) is 3.85. The Kier molecular flexibility index (Phi) is 2.13. The molecule has 1 aliphatic rings. The zero-order valence-corrected chi connectivity index (χ0v) is 8.49. The van der Waals surface area contributed by atoms with Crippen LogP contribution in [0.2, 0.25) is 0 Å². The first-order valence-corrected chi connectivity index (χ1v) is 4.87. The third kappa shape index (κ3) is 1.33. The normalized spacial score (nSPS) is 24.1. The standard InChI is InChI=1S/C13H13N/c1-4-11-7-12-10(3)9(2)5-6-13(12)14-8-11/h1,5-10H,2-3H3. The summed E-state index contributed by atoms with van der Waals surface area (Å²) >= 11 is 0. The van der Waals surface area contributed by atoms with Crippen molar-refractivity contribution in [1.82, 2.24) is 4.98 Å². The Labute approximate surface area is 84.9 Å². The fourth-order valence-corrected chi connectivity index (χ4v) is 1.77. The lowest BCUT2D eigenvalue weighted by atomic mass is 9.83. The van der Waals surface area contributed by atoms with E-state index in [4.69, 9.17) is 6.42 Å². The van der Waals surface area contributed by atoms with Gasteiger partial charge in [0.1, 0.15) is 0 Å². The van der Waals surface area contributed by atoms with E-state index in [2.05, 4.69) is 43.0 Å². The molecule has 0 aliphatic heterocycles. The van der Waals surface area contributed by atoms with E-state index in [9.17, 15) is 0 Å². The molecule has 0 fully saturated rings. The third-order valence-electron chi connectivity index (χ3n) is 2.95. The summed E-state index contributed by atoms with van der Waals surface area (Å²) < 4.78 is 0. The van der Waals surface area contributed by atoms with E-state index in [0.717, 1.165) is 11.3 Å². The van der Waals surface area contributed by atoms with E-state index in [1.54, 1.807) is 6.20 Å². The van der Waals surface area contributed by atoms with Gasteiger partial charge in [0.25, 0.3) is 0 Å². The van der Waals surface area contributed by atoms with Gasteiger partial charge >= 0.3 is 0 Å². The van der Waals surface area contributed by atoms with Crippen LogP contribution in [0.3, 0.4) is 0 Å². The van der Waals surface area contributed by atoms with Crippen LogP contribution in [0.1, 0.15) is 36.6 Å². The second-order valence-electron chi connectivity index (χ2n) is 3.85. The van der Waals surface area contributed by atoms with Crippen molar-refractivity contribution in [2.75, 3.05) is 0 Å². The molecule has 14 heavy (non-hydrogen) atoms. The maximum atomic E-state index is 5.36. The van der Waals surface area contributed by atoms with E-state index in [-0.39, 0.29) is 0 Å². The SMILES string of the molecule is C#Cc1cnc2c(c1)C(C)C(C)C=C2. The van der Waals surface area contributed by atoms with Gasteiger partial charge in [0, 0.05) is 11.8 Å². The molecule has 0 spiro atoms. The summed E-state index contributed by atoms with van der Waals surface area (Å²) in [5.41, 5.74) is 3.21. The molecule has 1 heteroatoms. The quantitative estimate of drug-likeness (QED) is 0.563. The minimum Gasteiger partial charge on any atom is -0.255 e. The minimum atomic E-state index is 0.510. The average molecular weight is 183 g/mol. The van der Waals surface area contributed by atoms with Crippen LogP contribution >= 0.6 is 0 Å². The van der Waals surface area contributed by atoms with Crippen molar-refractivity contribution in [1.29, 1.82) is 0 Å². The van der Waals surface area contributed by atoms with E-state index in [0.29, 0.717) is 11.8 Å². The van der Waals surface area contributed by atoms with E-state index >= 15 is 0 Å². The zero-order valence-electron chi connectivity index (χ0n) is 8.49. The van der Waals surface area contributed by atoms with Gasteiger partial charge in [-0.2, -0.15) is 0 Å². The van der Waals surface area contributed by atoms with Gasteiger partial charge in [0.05, 0.1) is 5.69 Å². The number of aromatic nitrogens is 1. The highest BCUT2D eigenvalue weighted by Crippen LogP contribution is 2.32. The fraction of sp³-hybridized carbons (Fsp3) is 0.308. The van der Waals surface area contributed by atoms with Gasteiger partial charge in [-0.3, -0.25) is 4.98 Å². The Morgan fingerprint density at radius 2 is 2.21 bits per heavy atom. The van der Waals surface area contributed by atoms with Crippen LogP contribution in [0.4, 0.5) is 0 Å². The molecule has 2 rings (SSSR count). The molecule has 0 aromatic carbocycles. The molecule has 2 unspecified atom stereocenters. The maximum Gasteiger partial charge on any atom is 0.0662 e. The molecule has 1 aliphatic carbocycles. The van der Waals surface area contributed by atoms with Gasteiger partial charge in [-0.1, -0.05) is 25.8 Å². The summed E-state index contributed by atoms with van der Waals surface area (Å²) in [7, 11) is 0. The van der Waals surface area contributed by atoms with Crippen molar-refractivity contribution in [3.8, 4) is 12.3 Å². The molecule has 0 amide bonds. The van der Waals surface area contributed by atoms with Crippen molar-refractivity contribution >= 4 is 6.08 Å². The van der Waals surface area contributed by atoms with Crippen LogP contribution in [0.5, 0.6) is 0 Å². The summed E-state index contributed by atoms with van der Waals surface area (Å²) in [6.07, 6.45) is 11.4. The first-order chi connectivity index (χ1) is 6.72. The minimum absolute atomic E-state index is 0.510. The topological polar surface area (TPSA) is 12.9 Å². The highest BCUT2D eigenvalue weighted by atomic mass is 14.7. The van der Waals surface area contributed by atoms with Crippen LogP contribution in [-0.4, -0.2) is 4.98 Å². The molecular weight excluding hydrogens is 170 g/mol. The molecule has 0 bridgehead atoms. The molecule has 70 valence electrons. The Balaban J connectivity index is 2.55. The van der Waals surface area contributed by atoms with Crippen LogP contribution in [-0.2, 0) is 0 Å². The Morgan fingerprint density at radius 1 is 1.43 bits per heavy atom. The van der Waals surface area contributed by atoms with Gasteiger partial charge < -0.3 is 0 Å². The van der Waals surface area contributed by atoms with Crippen molar-refractivity contribution in [3.05, 3.63) is 35.2 Å². The lowest BCUT2D eigenvalue weighted by Crippen LogP contribution is -2.10. The number of fused-ring (bicyclic) bond motifs is 1. The lowest BCUT2D eigenvalue weighted by molar-refractivity contribution is 0.582. The Morgan fingerprint density at radius 3 is 2.93 bits per heavy atom. The first kappa shape index (κ1) is 9.02. The summed E-state index contributed by atoms with van der Waals surface area (Å²) in [5, 5.41) is 0. The summed E-state index contributed by atoms with van der Waals surface area (Å²) in [6.45, 7) is 4.43. The fourth-order valence-electron chi connectivity index (χ4n) is 1.77.